The Morgan fingerprint density at radius 1 is 1.06 bits per heavy atom. The minimum Gasteiger partial charge on any atom is -0.346 e. The molecule has 1 amide bonds. The normalized spacial score (nSPS) is 21.9. The summed E-state index contributed by atoms with van der Waals surface area (Å²) < 4.78 is 2.11. The van der Waals surface area contributed by atoms with Crippen molar-refractivity contribution in [1.29, 1.82) is 0 Å². The first-order valence-corrected chi connectivity index (χ1v) is 14.2. The molecule has 33 heavy (non-hydrogen) atoms. The third-order valence-electron chi connectivity index (χ3n) is 7.80. The summed E-state index contributed by atoms with van der Waals surface area (Å²) in [5.41, 5.74) is 5.18. The maximum atomic E-state index is 13.0. The molecule has 2 aromatic rings. The van der Waals surface area contributed by atoms with Crippen LogP contribution in [0.1, 0.15) is 60.4 Å². The standard InChI is InChI=1S/C26H30Br2ClN3O/c27-20-12-19-2-1-18-13-21(29)14-22(28)24(18)25(26(19)31-15-20)17-5-9-32(10-6-17)23(33)11-16-3-7-30-8-4-16/h12-17,25,30H,1-11H2/p+1. The van der Waals surface area contributed by atoms with Crippen molar-refractivity contribution in [3.05, 3.63) is 60.7 Å². The van der Waals surface area contributed by atoms with Gasteiger partial charge in [-0.25, -0.2) is 0 Å². The van der Waals surface area contributed by atoms with Gasteiger partial charge in [0, 0.05) is 45.6 Å². The van der Waals surface area contributed by atoms with Crippen LogP contribution < -0.4 is 5.32 Å². The van der Waals surface area contributed by atoms with Crippen LogP contribution in [-0.4, -0.2) is 42.0 Å². The maximum absolute atomic E-state index is 13.0. The lowest BCUT2D eigenvalue weighted by Crippen LogP contribution is -2.86. The van der Waals surface area contributed by atoms with Crippen LogP contribution >= 0.6 is 43.5 Å². The molecule has 2 aliphatic heterocycles. The molecule has 1 unspecified atom stereocenters. The van der Waals surface area contributed by atoms with E-state index in [1.165, 1.54) is 48.3 Å². The number of hydrogen-bond acceptors (Lipinski definition) is 2. The summed E-state index contributed by atoms with van der Waals surface area (Å²) in [5.74, 6) is 1.62. The fourth-order valence-electron chi connectivity index (χ4n) is 6.09. The number of quaternary nitrogens is 1. The summed E-state index contributed by atoms with van der Waals surface area (Å²) >= 11 is 13.9. The SMILES string of the molecule is O=C(CC1CC[NH2+]CC1)N1CCC(C2c3ncc(Br)cc3CCc3cc(Cl)cc(Br)c32)CC1. The molecule has 7 heteroatoms. The molecule has 0 radical (unpaired) electrons. The second kappa shape index (κ2) is 10.3. The van der Waals surface area contributed by atoms with E-state index in [-0.39, 0.29) is 5.92 Å². The molecule has 5 rings (SSSR count). The highest BCUT2D eigenvalue weighted by molar-refractivity contribution is 9.10. The molecule has 2 N–H and O–H groups in total. The molecule has 1 aromatic heterocycles. The lowest BCUT2D eigenvalue weighted by Gasteiger charge is -2.37. The Morgan fingerprint density at radius 2 is 1.79 bits per heavy atom. The van der Waals surface area contributed by atoms with Crippen molar-refractivity contribution in [2.24, 2.45) is 11.8 Å². The molecule has 176 valence electrons. The number of nitrogens with zero attached hydrogens (tertiary/aromatic N) is 2. The molecule has 4 nitrogen and oxygen atoms in total. The quantitative estimate of drug-likeness (QED) is 0.537. The van der Waals surface area contributed by atoms with Crippen molar-refractivity contribution in [2.75, 3.05) is 26.2 Å². The Bertz CT molecular complexity index is 1030. The van der Waals surface area contributed by atoms with Gasteiger partial charge in [0.25, 0.3) is 0 Å². The summed E-state index contributed by atoms with van der Waals surface area (Å²) in [4.78, 5) is 20.1. The van der Waals surface area contributed by atoms with Crippen molar-refractivity contribution in [3.63, 3.8) is 0 Å². The van der Waals surface area contributed by atoms with E-state index in [0.29, 0.717) is 17.7 Å². The number of halogens is 3. The van der Waals surface area contributed by atoms with Gasteiger partial charge in [0.05, 0.1) is 18.8 Å². The number of fused-ring (bicyclic) bond motifs is 2. The number of aryl methyl sites for hydroxylation is 2. The van der Waals surface area contributed by atoms with Gasteiger partial charge in [-0.05, 0) is 101 Å². The van der Waals surface area contributed by atoms with Gasteiger partial charge in [-0.15, -0.1) is 0 Å². The molecule has 0 spiro atoms. The van der Waals surface area contributed by atoms with Gasteiger partial charge in [-0.3, -0.25) is 9.78 Å². The van der Waals surface area contributed by atoms with Crippen LogP contribution in [0.3, 0.4) is 0 Å². The molecule has 1 aliphatic carbocycles. The molecule has 0 saturated carbocycles. The Balaban J connectivity index is 1.38. The number of pyridine rings is 1. The molecule has 2 saturated heterocycles. The third kappa shape index (κ3) is 5.19. The van der Waals surface area contributed by atoms with E-state index in [2.05, 4.69) is 54.2 Å². The zero-order chi connectivity index (χ0) is 22.9. The Morgan fingerprint density at radius 3 is 2.55 bits per heavy atom. The van der Waals surface area contributed by atoms with Gasteiger partial charge in [0.2, 0.25) is 5.91 Å². The minimum absolute atomic E-state index is 0.225. The van der Waals surface area contributed by atoms with Gasteiger partial charge >= 0.3 is 0 Å². The van der Waals surface area contributed by atoms with Crippen molar-refractivity contribution >= 4 is 49.4 Å². The summed E-state index contributed by atoms with van der Waals surface area (Å²) in [7, 11) is 0. The van der Waals surface area contributed by atoms with Gasteiger partial charge in [0.1, 0.15) is 0 Å². The van der Waals surface area contributed by atoms with Crippen LogP contribution in [0.2, 0.25) is 5.02 Å². The van der Waals surface area contributed by atoms with Crippen molar-refractivity contribution < 1.29 is 10.1 Å². The number of amides is 1. The van der Waals surface area contributed by atoms with E-state index in [1.54, 1.807) is 0 Å². The number of aromatic nitrogens is 1. The topological polar surface area (TPSA) is 49.8 Å². The summed E-state index contributed by atoms with van der Waals surface area (Å²) in [6.07, 6.45) is 8.97. The number of rotatable bonds is 3. The molecule has 0 bridgehead atoms. The van der Waals surface area contributed by atoms with Gasteiger partial charge in [-0.2, -0.15) is 0 Å². The minimum atomic E-state index is 0.225. The lowest BCUT2D eigenvalue weighted by atomic mass is 9.76. The monoisotopic (exact) mass is 594 g/mol. The van der Waals surface area contributed by atoms with Crippen LogP contribution in [0.25, 0.3) is 0 Å². The first kappa shape index (κ1) is 23.8. The highest BCUT2D eigenvalue weighted by atomic mass is 79.9. The van der Waals surface area contributed by atoms with E-state index in [1.807, 2.05) is 12.3 Å². The maximum Gasteiger partial charge on any atom is 0.222 e. The number of carbonyl (C=O) groups is 1. The average molecular weight is 597 g/mol. The highest BCUT2D eigenvalue weighted by Crippen LogP contribution is 2.46. The van der Waals surface area contributed by atoms with E-state index < -0.39 is 0 Å². The zero-order valence-electron chi connectivity index (χ0n) is 18.8. The molecule has 1 atom stereocenters. The van der Waals surface area contributed by atoms with Gasteiger partial charge in [0.15, 0.2) is 0 Å². The molecular formula is C26H31Br2ClN3O+. The van der Waals surface area contributed by atoms with Crippen molar-refractivity contribution in [2.45, 2.75) is 50.9 Å². The largest absolute Gasteiger partial charge is 0.346 e. The molecular weight excluding hydrogens is 566 g/mol. The summed E-state index contributed by atoms with van der Waals surface area (Å²) in [6.45, 7) is 4.04. The Labute approximate surface area is 218 Å². The molecule has 3 aliphatic rings. The number of carbonyl (C=O) groups excluding carboxylic acids is 1. The number of likely N-dealkylation sites (tertiary alicyclic amines) is 1. The predicted octanol–water partition coefficient (Wildman–Crippen LogP) is 5.09. The van der Waals surface area contributed by atoms with E-state index >= 15 is 0 Å². The van der Waals surface area contributed by atoms with Crippen LogP contribution in [0.15, 0.2) is 33.3 Å². The Kier molecular flexibility index (Phi) is 7.46. The second-order valence-electron chi connectivity index (χ2n) is 9.87. The van der Waals surface area contributed by atoms with E-state index in [9.17, 15) is 4.79 Å². The fourth-order valence-corrected chi connectivity index (χ4v) is 7.59. The van der Waals surface area contributed by atoms with Crippen molar-refractivity contribution in [1.82, 2.24) is 9.88 Å². The second-order valence-corrected chi connectivity index (χ2v) is 12.1. The third-order valence-corrected chi connectivity index (χ3v) is 9.11. The first-order valence-electron chi connectivity index (χ1n) is 12.2. The summed E-state index contributed by atoms with van der Waals surface area (Å²) in [6, 6.07) is 6.39. The van der Waals surface area contributed by atoms with E-state index in [4.69, 9.17) is 16.6 Å². The molecule has 2 fully saturated rings. The number of benzene rings is 1. The van der Waals surface area contributed by atoms with E-state index in [0.717, 1.165) is 59.2 Å². The molecule has 1 aromatic carbocycles. The smallest absolute Gasteiger partial charge is 0.222 e. The van der Waals surface area contributed by atoms with Crippen LogP contribution in [0.4, 0.5) is 0 Å². The van der Waals surface area contributed by atoms with Crippen LogP contribution in [0, 0.1) is 11.8 Å². The highest BCUT2D eigenvalue weighted by Gasteiger charge is 2.36. The average Bonchev–Trinajstić information content (AvgIpc) is 2.96. The van der Waals surface area contributed by atoms with Crippen molar-refractivity contribution in [3.8, 4) is 0 Å². The molecule has 3 heterocycles. The van der Waals surface area contributed by atoms with Crippen LogP contribution in [-0.2, 0) is 17.6 Å². The van der Waals surface area contributed by atoms with Crippen LogP contribution in [0.5, 0.6) is 0 Å². The number of nitrogens with two attached hydrogens (primary N) is 1. The van der Waals surface area contributed by atoms with Gasteiger partial charge < -0.3 is 10.2 Å². The lowest BCUT2D eigenvalue weighted by molar-refractivity contribution is -0.664. The summed E-state index contributed by atoms with van der Waals surface area (Å²) in [5, 5.41) is 3.15. The zero-order valence-corrected chi connectivity index (χ0v) is 22.8. The number of piperidine rings is 2. The first-order chi connectivity index (χ1) is 16.0. The number of hydrogen-bond donors (Lipinski definition) is 1. The predicted molar refractivity (Wildman–Crippen MR) is 139 cm³/mol. The fraction of sp³-hybridized carbons (Fsp3) is 0.538. The Hall–Kier alpha value is -0.950. The van der Waals surface area contributed by atoms with Gasteiger partial charge in [-0.1, -0.05) is 27.5 Å².